The van der Waals surface area contributed by atoms with Crippen molar-refractivity contribution < 1.29 is 9.21 Å². The minimum atomic E-state index is -0.502. The second kappa shape index (κ2) is 4.49. The molecule has 4 nitrogen and oxygen atoms in total. The van der Waals surface area contributed by atoms with Gasteiger partial charge in [-0.25, -0.2) is 0 Å². The number of hydrogen-bond donors (Lipinski definition) is 1. The molecular formula is C11H18N2O2. The lowest BCUT2D eigenvalue weighted by molar-refractivity contribution is -0.139. The molecule has 0 aliphatic rings. The van der Waals surface area contributed by atoms with Crippen LogP contribution >= 0.6 is 0 Å². The predicted molar refractivity (Wildman–Crippen MR) is 58.0 cm³/mol. The van der Waals surface area contributed by atoms with E-state index >= 15 is 0 Å². The molecule has 1 rings (SSSR count). The van der Waals surface area contributed by atoms with Gasteiger partial charge < -0.3 is 15.1 Å². The Hall–Kier alpha value is -1.29. The van der Waals surface area contributed by atoms with Crippen molar-refractivity contribution >= 4 is 5.91 Å². The van der Waals surface area contributed by atoms with Gasteiger partial charge in [0.05, 0.1) is 17.9 Å². The molecule has 0 unspecified atom stereocenters. The fourth-order valence-corrected chi connectivity index (χ4v) is 1.33. The molecule has 0 saturated heterocycles. The molecule has 4 heteroatoms. The van der Waals surface area contributed by atoms with Gasteiger partial charge in [-0.3, -0.25) is 4.79 Å². The number of carbonyl (C=O) groups excluding carboxylic acids is 1. The van der Waals surface area contributed by atoms with E-state index in [1.807, 2.05) is 19.9 Å². The molecule has 84 valence electrons. The second-order valence-electron chi connectivity index (χ2n) is 4.38. The van der Waals surface area contributed by atoms with E-state index in [0.29, 0.717) is 13.1 Å². The average Bonchev–Trinajstić information content (AvgIpc) is 2.69. The minimum absolute atomic E-state index is 0.0474. The molecule has 0 saturated carbocycles. The third-order valence-corrected chi connectivity index (χ3v) is 2.44. The van der Waals surface area contributed by atoms with Gasteiger partial charge in [0.15, 0.2) is 0 Å². The van der Waals surface area contributed by atoms with E-state index in [-0.39, 0.29) is 5.91 Å². The summed E-state index contributed by atoms with van der Waals surface area (Å²) >= 11 is 0. The Morgan fingerprint density at radius 3 is 2.73 bits per heavy atom. The van der Waals surface area contributed by atoms with Gasteiger partial charge >= 0.3 is 0 Å². The average molecular weight is 210 g/mol. The lowest BCUT2D eigenvalue weighted by atomic mass is 9.92. The number of nitrogens with two attached hydrogens (primary N) is 1. The first kappa shape index (κ1) is 11.8. The number of rotatable bonds is 4. The first-order chi connectivity index (χ1) is 6.97. The van der Waals surface area contributed by atoms with Crippen molar-refractivity contribution in [1.82, 2.24) is 4.90 Å². The number of amides is 1. The molecule has 0 atom stereocenters. The van der Waals surface area contributed by atoms with Gasteiger partial charge in [-0.15, -0.1) is 0 Å². The third-order valence-electron chi connectivity index (χ3n) is 2.44. The van der Waals surface area contributed by atoms with Crippen molar-refractivity contribution in [3.8, 4) is 0 Å². The SMILES string of the molecule is CN(Cc1ccoc1)C(=O)C(C)(C)CN. The molecule has 0 radical (unpaired) electrons. The van der Waals surface area contributed by atoms with E-state index in [2.05, 4.69) is 0 Å². The highest BCUT2D eigenvalue weighted by molar-refractivity contribution is 5.81. The highest BCUT2D eigenvalue weighted by Crippen LogP contribution is 2.17. The highest BCUT2D eigenvalue weighted by atomic mass is 16.3. The Kier molecular flexibility index (Phi) is 3.52. The molecule has 15 heavy (non-hydrogen) atoms. The second-order valence-corrected chi connectivity index (χ2v) is 4.38. The van der Waals surface area contributed by atoms with Crippen LogP contribution in [0.15, 0.2) is 23.0 Å². The van der Waals surface area contributed by atoms with Gasteiger partial charge in [-0.05, 0) is 19.9 Å². The summed E-state index contributed by atoms with van der Waals surface area (Å²) in [6, 6.07) is 1.85. The zero-order valence-corrected chi connectivity index (χ0v) is 9.49. The van der Waals surface area contributed by atoms with Crippen molar-refractivity contribution in [2.45, 2.75) is 20.4 Å². The largest absolute Gasteiger partial charge is 0.472 e. The maximum Gasteiger partial charge on any atom is 0.229 e. The maximum absolute atomic E-state index is 11.9. The van der Waals surface area contributed by atoms with E-state index in [1.165, 1.54) is 0 Å². The molecule has 1 aromatic rings. The van der Waals surface area contributed by atoms with E-state index in [4.69, 9.17) is 10.2 Å². The normalized spacial score (nSPS) is 11.5. The van der Waals surface area contributed by atoms with Crippen LogP contribution in [0, 0.1) is 5.41 Å². The molecular weight excluding hydrogens is 192 g/mol. The van der Waals surface area contributed by atoms with Crippen molar-refractivity contribution in [2.24, 2.45) is 11.1 Å². The van der Waals surface area contributed by atoms with Gasteiger partial charge in [-0.2, -0.15) is 0 Å². The van der Waals surface area contributed by atoms with Crippen molar-refractivity contribution in [3.63, 3.8) is 0 Å². The van der Waals surface area contributed by atoms with Crippen LogP contribution in [0.3, 0.4) is 0 Å². The first-order valence-corrected chi connectivity index (χ1v) is 4.94. The fourth-order valence-electron chi connectivity index (χ4n) is 1.33. The molecule has 1 amide bonds. The Labute approximate surface area is 90.0 Å². The molecule has 1 aromatic heterocycles. The van der Waals surface area contributed by atoms with Crippen LogP contribution in [0.4, 0.5) is 0 Å². The van der Waals surface area contributed by atoms with Crippen LogP contribution < -0.4 is 5.73 Å². The Morgan fingerprint density at radius 2 is 2.27 bits per heavy atom. The smallest absolute Gasteiger partial charge is 0.229 e. The standard InChI is InChI=1S/C11H18N2O2/c1-11(2,8-12)10(14)13(3)6-9-4-5-15-7-9/h4-5,7H,6,8,12H2,1-3H3. The lowest BCUT2D eigenvalue weighted by Crippen LogP contribution is -2.42. The number of hydrogen-bond acceptors (Lipinski definition) is 3. The predicted octanol–water partition coefficient (Wildman–Crippen LogP) is 1.22. The maximum atomic E-state index is 11.9. The topological polar surface area (TPSA) is 59.5 Å². The minimum Gasteiger partial charge on any atom is -0.472 e. The number of carbonyl (C=O) groups is 1. The summed E-state index contributed by atoms with van der Waals surface area (Å²) in [6.07, 6.45) is 3.24. The Balaban J connectivity index is 2.61. The number of nitrogens with zero attached hydrogens (tertiary/aromatic N) is 1. The van der Waals surface area contributed by atoms with Crippen LogP contribution in [0.25, 0.3) is 0 Å². The van der Waals surface area contributed by atoms with Crippen LogP contribution in [-0.2, 0) is 11.3 Å². The zero-order valence-electron chi connectivity index (χ0n) is 9.49. The molecule has 0 spiro atoms. The fraction of sp³-hybridized carbons (Fsp3) is 0.545. The molecule has 0 aromatic carbocycles. The highest BCUT2D eigenvalue weighted by Gasteiger charge is 2.28. The van der Waals surface area contributed by atoms with Crippen LogP contribution in [0.1, 0.15) is 19.4 Å². The monoisotopic (exact) mass is 210 g/mol. The van der Waals surface area contributed by atoms with Crippen molar-refractivity contribution in [3.05, 3.63) is 24.2 Å². The zero-order chi connectivity index (χ0) is 11.5. The molecule has 0 bridgehead atoms. The van der Waals surface area contributed by atoms with Gasteiger partial charge in [-0.1, -0.05) is 0 Å². The Morgan fingerprint density at radius 1 is 1.60 bits per heavy atom. The van der Waals surface area contributed by atoms with Crippen LogP contribution in [-0.4, -0.2) is 24.4 Å². The van der Waals surface area contributed by atoms with E-state index < -0.39 is 5.41 Å². The van der Waals surface area contributed by atoms with Gasteiger partial charge in [0.25, 0.3) is 0 Å². The van der Waals surface area contributed by atoms with Crippen molar-refractivity contribution in [2.75, 3.05) is 13.6 Å². The molecule has 1 heterocycles. The summed E-state index contributed by atoms with van der Waals surface area (Å²) in [4.78, 5) is 13.6. The van der Waals surface area contributed by atoms with Crippen molar-refractivity contribution in [1.29, 1.82) is 0 Å². The summed E-state index contributed by atoms with van der Waals surface area (Å²) < 4.78 is 4.94. The summed E-state index contributed by atoms with van der Waals surface area (Å²) in [6.45, 7) is 4.60. The lowest BCUT2D eigenvalue weighted by Gasteiger charge is -2.27. The first-order valence-electron chi connectivity index (χ1n) is 4.94. The molecule has 0 fully saturated rings. The van der Waals surface area contributed by atoms with Crippen LogP contribution in [0.2, 0.25) is 0 Å². The van der Waals surface area contributed by atoms with E-state index in [1.54, 1.807) is 24.5 Å². The third kappa shape index (κ3) is 2.83. The molecule has 0 aliphatic carbocycles. The van der Waals surface area contributed by atoms with Gasteiger partial charge in [0.2, 0.25) is 5.91 Å². The molecule has 2 N–H and O–H groups in total. The Bertz CT molecular complexity index is 317. The van der Waals surface area contributed by atoms with E-state index in [9.17, 15) is 4.79 Å². The van der Waals surface area contributed by atoms with E-state index in [0.717, 1.165) is 5.56 Å². The summed E-state index contributed by atoms with van der Waals surface area (Å²) in [7, 11) is 1.77. The molecule has 0 aliphatic heterocycles. The summed E-state index contributed by atoms with van der Waals surface area (Å²) in [5.41, 5.74) is 6.04. The summed E-state index contributed by atoms with van der Waals surface area (Å²) in [5.74, 6) is 0.0474. The summed E-state index contributed by atoms with van der Waals surface area (Å²) in [5, 5.41) is 0. The van der Waals surface area contributed by atoms with Crippen LogP contribution in [0.5, 0.6) is 0 Å². The van der Waals surface area contributed by atoms with Gasteiger partial charge in [0, 0.05) is 25.7 Å². The quantitative estimate of drug-likeness (QED) is 0.813. The number of furan rings is 1. The van der Waals surface area contributed by atoms with Gasteiger partial charge in [0.1, 0.15) is 0 Å².